The number of carbonyl (C=O) groups excluding carboxylic acids is 2. The van der Waals surface area contributed by atoms with Gasteiger partial charge in [0.15, 0.2) is 0 Å². The fourth-order valence-corrected chi connectivity index (χ4v) is 4.14. The van der Waals surface area contributed by atoms with Gasteiger partial charge in [0.05, 0.1) is 21.8 Å². The van der Waals surface area contributed by atoms with Gasteiger partial charge in [-0.1, -0.05) is 36.4 Å². The number of sulfonamides is 1. The van der Waals surface area contributed by atoms with E-state index in [4.69, 9.17) is 0 Å². The SMILES string of the molecule is Cc1ccc(C(=O)Nc2ccccc2C(=O)NC(C)C)cc1NS(=O)(=O)c1ccccc1. The third-order valence-corrected chi connectivity index (χ3v) is 6.02. The second kappa shape index (κ2) is 9.65. The van der Waals surface area contributed by atoms with Crippen molar-refractivity contribution in [2.45, 2.75) is 31.7 Å². The zero-order chi connectivity index (χ0) is 23.3. The zero-order valence-electron chi connectivity index (χ0n) is 18.0. The second-order valence-electron chi connectivity index (χ2n) is 7.58. The van der Waals surface area contributed by atoms with Crippen molar-refractivity contribution in [2.24, 2.45) is 0 Å². The molecule has 0 spiro atoms. The van der Waals surface area contributed by atoms with Crippen LogP contribution in [0.2, 0.25) is 0 Å². The van der Waals surface area contributed by atoms with Crippen molar-refractivity contribution in [3.8, 4) is 0 Å². The van der Waals surface area contributed by atoms with E-state index >= 15 is 0 Å². The first-order valence-electron chi connectivity index (χ1n) is 10.1. The second-order valence-corrected chi connectivity index (χ2v) is 9.26. The summed E-state index contributed by atoms with van der Waals surface area (Å²) in [6.45, 7) is 5.45. The predicted molar refractivity (Wildman–Crippen MR) is 125 cm³/mol. The molecule has 0 aliphatic carbocycles. The first kappa shape index (κ1) is 23.0. The number of rotatable bonds is 7. The topological polar surface area (TPSA) is 104 Å². The van der Waals surface area contributed by atoms with Crippen LogP contribution in [0.3, 0.4) is 0 Å². The molecule has 3 N–H and O–H groups in total. The molecule has 0 radical (unpaired) electrons. The van der Waals surface area contributed by atoms with E-state index in [1.54, 1.807) is 61.5 Å². The number of anilines is 2. The summed E-state index contributed by atoms with van der Waals surface area (Å²) in [5.74, 6) is -0.758. The van der Waals surface area contributed by atoms with Gasteiger partial charge in [0, 0.05) is 11.6 Å². The summed E-state index contributed by atoms with van der Waals surface area (Å²) in [6, 6.07) is 19.4. The number of benzene rings is 3. The first-order valence-corrected chi connectivity index (χ1v) is 11.6. The number of nitrogens with one attached hydrogen (secondary N) is 3. The smallest absolute Gasteiger partial charge is 0.261 e. The summed E-state index contributed by atoms with van der Waals surface area (Å²) < 4.78 is 27.9. The van der Waals surface area contributed by atoms with Crippen LogP contribution in [0, 0.1) is 6.92 Å². The molecule has 0 aliphatic heterocycles. The van der Waals surface area contributed by atoms with E-state index in [2.05, 4.69) is 15.4 Å². The molecule has 2 amide bonds. The molecule has 0 saturated heterocycles. The van der Waals surface area contributed by atoms with Gasteiger partial charge in [-0.25, -0.2) is 8.42 Å². The molecule has 32 heavy (non-hydrogen) atoms. The molecule has 8 heteroatoms. The van der Waals surface area contributed by atoms with Gasteiger partial charge in [-0.3, -0.25) is 14.3 Å². The summed E-state index contributed by atoms with van der Waals surface area (Å²) in [5, 5.41) is 5.55. The average molecular weight is 452 g/mol. The highest BCUT2D eigenvalue weighted by molar-refractivity contribution is 7.92. The van der Waals surface area contributed by atoms with E-state index in [1.165, 1.54) is 18.2 Å². The Morgan fingerprint density at radius 1 is 0.812 bits per heavy atom. The fraction of sp³-hybridized carbons (Fsp3) is 0.167. The summed E-state index contributed by atoms with van der Waals surface area (Å²) in [6.07, 6.45) is 0. The summed E-state index contributed by atoms with van der Waals surface area (Å²) in [7, 11) is -3.80. The molecule has 0 aromatic heterocycles. The van der Waals surface area contributed by atoms with Crippen LogP contribution in [0.4, 0.5) is 11.4 Å². The lowest BCUT2D eigenvalue weighted by molar-refractivity contribution is 0.0944. The molecule has 7 nitrogen and oxygen atoms in total. The minimum absolute atomic E-state index is 0.0523. The molecular formula is C24H25N3O4S. The molecule has 3 rings (SSSR count). The number of amides is 2. The highest BCUT2D eigenvalue weighted by Gasteiger charge is 2.18. The summed E-state index contributed by atoms with van der Waals surface area (Å²) >= 11 is 0. The molecule has 3 aromatic carbocycles. The number of para-hydroxylation sites is 1. The summed E-state index contributed by atoms with van der Waals surface area (Å²) in [5.41, 5.74) is 1.92. The third kappa shape index (κ3) is 5.53. The van der Waals surface area contributed by atoms with E-state index in [9.17, 15) is 18.0 Å². The Labute approximate surface area is 187 Å². The molecular weight excluding hydrogens is 426 g/mol. The van der Waals surface area contributed by atoms with Crippen molar-refractivity contribution in [1.82, 2.24) is 5.32 Å². The van der Waals surface area contributed by atoms with Gasteiger partial charge < -0.3 is 10.6 Å². The van der Waals surface area contributed by atoms with Crippen LogP contribution in [0.25, 0.3) is 0 Å². The molecule has 3 aromatic rings. The van der Waals surface area contributed by atoms with Crippen molar-refractivity contribution in [1.29, 1.82) is 0 Å². The van der Waals surface area contributed by atoms with Crippen LogP contribution >= 0.6 is 0 Å². The van der Waals surface area contributed by atoms with E-state index in [-0.39, 0.29) is 22.4 Å². The Kier molecular flexibility index (Phi) is 6.95. The standard InChI is InChI=1S/C24H25N3O4S/c1-16(2)25-24(29)20-11-7-8-12-21(20)26-23(28)18-14-13-17(3)22(15-18)27-32(30,31)19-9-5-4-6-10-19/h4-16,27H,1-3H3,(H,25,29)(H,26,28). The molecule has 0 unspecified atom stereocenters. The quantitative estimate of drug-likeness (QED) is 0.501. The normalized spacial score (nSPS) is 11.1. The van der Waals surface area contributed by atoms with Crippen LogP contribution in [-0.2, 0) is 10.0 Å². The monoisotopic (exact) mass is 451 g/mol. The van der Waals surface area contributed by atoms with Gasteiger partial charge in [-0.05, 0) is 62.7 Å². The Morgan fingerprint density at radius 2 is 1.47 bits per heavy atom. The first-order chi connectivity index (χ1) is 15.2. The van der Waals surface area contributed by atoms with Crippen molar-refractivity contribution in [2.75, 3.05) is 10.0 Å². The number of aryl methyl sites for hydroxylation is 1. The minimum atomic E-state index is -3.80. The van der Waals surface area contributed by atoms with Gasteiger partial charge in [-0.15, -0.1) is 0 Å². The minimum Gasteiger partial charge on any atom is -0.350 e. The van der Waals surface area contributed by atoms with Crippen LogP contribution in [0.15, 0.2) is 77.7 Å². The maximum Gasteiger partial charge on any atom is 0.261 e. The number of hydrogen-bond donors (Lipinski definition) is 3. The van der Waals surface area contributed by atoms with E-state index < -0.39 is 15.9 Å². The molecule has 0 saturated carbocycles. The maximum absolute atomic E-state index is 12.9. The lowest BCUT2D eigenvalue weighted by Crippen LogP contribution is -2.31. The van der Waals surface area contributed by atoms with Crippen LogP contribution < -0.4 is 15.4 Å². The van der Waals surface area contributed by atoms with Crippen molar-refractivity contribution in [3.63, 3.8) is 0 Å². The molecule has 0 heterocycles. The summed E-state index contributed by atoms with van der Waals surface area (Å²) in [4.78, 5) is 25.5. The van der Waals surface area contributed by atoms with E-state index in [0.717, 1.165) is 0 Å². The van der Waals surface area contributed by atoms with Crippen LogP contribution in [0.1, 0.15) is 40.1 Å². The van der Waals surface area contributed by atoms with Crippen molar-refractivity contribution in [3.05, 3.63) is 89.5 Å². The van der Waals surface area contributed by atoms with Gasteiger partial charge in [-0.2, -0.15) is 0 Å². The number of hydrogen-bond acceptors (Lipinski definition) is 4. The predicted octanol–water partition coefficient (Wildman–Crippen LogP) is 4.19. The Hall–Kier alpha value is -3.65. The lowest BCUT2D eigenvalue weighted by Gasteiger charge is -2.14. The molecule has 166 valence electrons. The maximum atomic E-state index is 12.9. The zero-order valence-corrected chi connectivity index (χ0v) is 18.9. The Morgan fingerprint density at radius 3 is 2.16 bits per heavy atom. The van der Waals surface area contributed by atoms with Crippen molar-refractivity contribution >= 4 is 33.2 Å². The van der Waals surface area contributed by atoms with Gasteiger partial charge in [0.25, 0.3) is 21.8 Å². The molecule has 0 fully saturated rings. The molecule has 0 aliphatic rings. The highest BCUT2D eigenvalue weighted by Crippen LogP contribution is 2.23. The fourth-order valence-electron chi connectivity index (χ4n) is 3.00. The highest BCUT2D eigenvalue weighted by atomic mass is 32.2. The molecule has 0 bridgehead atoms. The van der Waals surface area contributed by atoms with Gasteiger partial charge >= 0.3 is 0 Å². The lowest BCUT2D eigenvalue weighted by atomic mass is 10.1. The van der Waals surface area contributed by atoms with Crippen molar-refractivity contribution < 1.29 is 18.0 Å². The van der Waals surface area contributed by atoms with E-state index in [0.29, 0.717) is 22.5 Å². The molecule has 0 atom stereocenters. The van der Waals surface area contributed by atoms with Gasteiger partial charge in [0.2, 0.25) is 0 Å². The Balaban J connectivity index is 1.85. The van der Waals surface area contributed by atoms with Crippen LogP contribution in [-0.4, -0.2) is 26.3 Å². The Bertz CT molecular complexity index is 1240. The number of carbonyl (C=O) groups is 2. The largest absolute Gasteiger partial charge is 0.350 e. The third-order valence-electron chi connectivity index (χ3n) is 4.64. The van der Waals surface area contributed by atoms with Crippen LogP contribution in [0.5, 0.6) is 0 Å². The van der Waals surface area contributed by atoms with Gasteiger partial charge in [0.1, 0.15) is 0 Å². The van der Waals surface area contributed by atoms with E-state index in [1.807, 2.05) is 13.8 Å². The average Bonchev–Trinajstić information content (AvgIpc) is 2.75.